The van der Waals surface area contributed by atoms with Crippen molar-refractivity contribution in [3.05, 3.63) is 0 Å². The standard InChI is InChI=1S/C12H22N2O2/c1-14(6-9-4-2-3-5-9)12(15)10-7-16-8-11(10)13/h9-11H,2-8,13H2,1H3. The summed E-state index contributed by atoms with van der Waals surface area (Å²) in [4.78, 5) is 14.0. The lowest BCUT2D eigenvalue weighted by Crippen LogP contribution is -2.43. The fraction of sp³-hybridized carbons (Fsp3) is 0.917. The maximum Gasteiger partial charge on any atom is 0.229 e. The molecule has 0 spiro atoms. The topological polar surface area (TPSA) is 55.6 Å². The van der Waals surface area contributed by atoms with Gasteiger partial charge in [0.15, 0.2) is 0 Å². The first-order valence-corrected chi connectivity index (χ1v) is 6.27. The van der Waals surface area contributed by atoms with E-state index in [-0.39, 0.29) is 17.9 Å². The smallest absolute Gasteiger partial charge is 0.229 e. The van der Waals surface area contributed by atoms with Crippen LogP contribution < -0.4 is 5.73 Å². The normalized spacial score (nSPS) is 30.9. The Hall–Kier alpha value is -0.610. The van der Waals surface area contributed by atoms with Crippen molar-refractivity contribution in [1.82, 2.24) is 4.90 Å². The van der Waals surface area contributed by atoms with E-state index in [0.29, 0.717) is 19.1 Å². The van der Waals surface area contributed by atoms with Gasteiger partial charge in [0.1, 0.15) is 0 Å². The number of carbonyl (C=O) groups is 1. The van der Waals surface area contributed by atoms with E-state index in [9.17, 15) is 4.79 Å². The van der Waals surface area contributed by atoms with E-state index < -0.39 is 0 Å². The first kappa shape index (κ1) is 11.9. The summed E-state index contributed by atoms with van der Waals surface area (Å²) in [5, 5.41) is 0. The minimum Gasteiger partial charge on any atom is -0.379 e. The van der Waals surface area contributed by atoms with Crippen molar-refractivity contribution in [1.29, 1.82) is 0 Å². The molecule has 2 rings (SSSR count). The van der Waals surface area contributed by atoms with Crippen molar-refractivity contribution in [2.45, 2.75) is 31.7 Å². The molecule has 1 saturated heterocycles. The summed E-state index contributed by atoms with van der Waals surface area (Å²) < 4.78 is 5.24. The molecule has 2 unspecified atom stereocenters. The highest BCUT2D eigenvalue weighted by atomic mass is 16.5. The Balaban J connectivity index is 1.83. The molecule has 1 aliphatic carbocycles. The van der Waals surface area contributed by atoms with E-state index in [1.54, 1.807) is 0 Å². The molecule has 0 aromatic rings. The van der Waals surface area contributed by atoms with Gasteiger partial charge in [0.25, 0.3) is 0 Å². The second-order valence-electron chi connectivity index (χ2n) is 5.18. The molecular formula is C12H22N2O2. The Bertz CT molecular complexity index is 251. The zero-order valence-corrected chi connectivity index (χ0v) is 10.0. The largest absolute Gasteiger partial charge is 0.379 e. The molecule has 4 nitrogen and oxygen atoms in total. The molecule has 0 bridgehead atoms. The third kappa shape index (κ3) is 2.55. The quantitative estimate of drug-likeness (QED) is 0.767. The highest BCUT2D eigenvalue weighted by Crippen LogP contribution is 2.26. The Morgan fingerprint density at radius 2 is 2.06 bits per heavy atom. The zero-order valence-electron chi connectivity index (χ0n) is 10.0. The summed E-state index contributed by atoms with van der Waals surface area (Å²) in [5.41, 5.74) is 5.85. The minimum absolute atomic E-state index is 0.112. The molecule has 4 heteroatoms. The first-order chi connectivity index (χ1) is 7.68. The molecule has 1 aliphatic heterocycles. The van der Waals surface area contributed by atoms with E-state index in [2.05, 4.69) is 0 Å². The highest BCUT2D eigenvalue weighted by Gasteiger charge is 2.33. The van der Waals surface area contributed by atoms with Crippen molar-refractivity contribution in [2.24, 2.45) is 17.6 Å². The summed E-state index contributed by atoms with van der Waals surface area (Å²) in [6.07, 6.45) is 5.17. The molecule has 1 saturated carbocycles. The van der Waals surface area contributed by atoms with Gasteiger partial charge >= 0.3 is 0 Å². The van der Waals surface area contributed by atoms with Crippen molar-refractivity contribution < 1.29 is 9.53 Å². The number of hydrogen-bond donors (Lipinski definition) is 1. The van der Waals surface area contributed by atoms with Gasteiger partial charge in [0, 0.05) is 19.6 Å². The molecule has 16 heavy (non-hydrogen) atoms. The summed E-state index contributed by atoms with van der Waals surface area (Å²) in [6, 6.07) is -0.112. The van der Waals surface area contributed by atoms with Crippen LogP contribution in [0, 0.1) is 11.8 Å². The van der Waals surface area contributed by atoms with Crippen LogP contribution in [0.4, 0.5) is 0 Å². The highest BCUT2D eigenvalue weighted by molar-refractivity contribution is 5.79. The van der Waals surface area contributed by atoms with E-state index in [1.807, 2.05) is 11.9 Å². The maximum atomic E-state index is 12.1. The molecule has 0 radical (unpaired) electrons. The van der Waals surface area contributed by atoms with Gasteiger partial charge in [-0.3, -0.25) is 4.79 Å². The van der Waals surface area contributed by atoms with Gasteiger partial charge in [-0.15, -0.1) is 0 Å². The second kappa shape index (κ2) is 5.15. The van der Waals surface area contributed by atoms with Crippen LogP contribution in [0.5, 0.6) is 0 Å². The molecule has 1 amide bonds. The minimum atomic E-state index is -0.119. The van der Waals surface area contributed by atoms with Gasteiger partial charge in [-0.25, -0.2) is 0 Å². The number of hydrogen-bond acceptors (Lipinski definition) is 3. The third-order valence-electron chi connectivity index (χ3n) is 3.82. The molecule has 2 N–H and O–H groups in total. The molecule has 1 heterocycles. The van der Waals surface area contributed by atoms with Crippen LogP contribution in [0.2, 0.25) is 0 Å². The molecule has 92 valence electrons. The molecule has 2 fully saturated rings. The number of nitrogens with two attached hydrogens (primary N) is 1. The van der Waals surface area contributed by atoms with Crippen LogP contribution in [0.3, 0.4) is 0 Å². The third-order valence-corrected chi connectivity index (χ3v) is 3.82. The fourth-order valence-corrected chi connectivity index (χ4v) is 2.78. The van der Waals surface area contributed by atoms with Crippen LogP contribution in [0.15, 0.2) is 0 Å². The van der Waals surface area contributed by atoms with Crippen molar-refractivity contribution in [2.75, 3.05) is 26.8 Å². The zero-order chi connectivity index (χ0) is 11.5. The Kier molecular flexibility index (Phi) is 3.82. The predicted octanol–water partition coefficient (Wildman–Crippen LogP) is 0.609. The lowest BCUT2D eigenvalue weighted by atomic mass is 10.0. The summed E-state index contributed by atoms with van der Waals surface area (Å²) in [5.74, 6) is 0.746. The van der Waals surface area contributed by atoms with E-state index in [4.69, 9.17) is 10.5 Å². The van der Waals surface area contributed by atoms with Gasteiger partial charge in [-0.2, -0.15) is 0 Å². The SMILES string of the molecule is CN(CC1CCCC1)C(=O)C1COCC1N. The maximum absolute atomic E-state index is 12.1. The number of nitrogens with zero attached hydrogens (tertiary/aromatic N) is 1. The molecule has 0 aromatic heterocycles. The monoisotopic (exact) mass is 226 g/mol. The van der Waals surface area contributed by atoms with Crippen molar-refractivity contribution in [3.63, 3.8) is 0 Å². The Labute approximate surface area is 97.1 Å². The first-order valence-electron chi connectivity index (χ1n) is 6.27. The van der Waals surface area contributed by atoms with Crippen LogP contribution in [-0.2, 0) is 9.53 Å². The van der Waals surface area contributed by atoms with Gasteiger partial charge in [-0.1, -0.05) is 12.8 Å². The average Bonchev–Trinajstić information content (AvgIpc) is 2.88. The lowest BCUT2D eigenvalue weighted by Gasteiger charge is -2.25. The summed E-state index contributed by atoms with van der Waals surface area (Å²) >= 11 is 0. The van der Waals surface area contributed by atoms with Crippen molar-refractivity contribution >= 4 is 5.91 Å². The lowest BCUT2D eigenvalue weighted by molar-refractivity contribution is -0.135. The van der Waals surface area contributed by atoms with Crippen LogP contribution in [0.25, 0.3) is 0 Å². The van der Waals surface area contributed by atoms with Gasteiger partial charge in [0.2, 0.25) is 5.91 Å². The van der Waals surface area contributed by atoms with Crippen LogP contribution in [0.1, 0.15) is 25.7 Å². The number of rotatable bonds is 3. The van der Waals surface area contributed by atoms with E-state index in [0.717, 1.165) is 6.54 Å². The van der Waals surface area contributed by atoms with Gasteiger partial charge in [-0.05, 0) is 18.8 Å². The van der Waals surface area contributed by atoms with Gasteiger partial charge < -0.3 is 15.4 Å². The Morgan fingerprint density at radius 3 is 2.62 bits per heavy atom. The number of amides is 1. The van der Waals surface area contributed by atoms with E-state index >= 15 is 0 Å². The predicted molar refractivity (Wildman–Crippen MR) is 61.9 cm³/mol. The van der Waals surface area contributed by atoms with Crippen molar-refractivity contribution in [3.8, 4) is 0 Å². The van der Waals surface area contributed by atoms with E-state index in [1.165, 1.54) is 25.7 Å². The molecule has 0 aromatic carbocycles. The number of carbonyl (C=O) groups excluding carboxylic acids is 1. The van der Waals surface area contributed by atoms with Gasteiger partial charge in [0.05, 0.1) is 19.1 Å². The summed E-state index contributed by atoms with van der Waals surface area (Å²) in [6.45, 7) is 1.91. The average molecular weight is 226 g/mol. The fourth-order valence-electron chi connectivity index (χ4n) is 2.78. The molecule has 2 aliphatic rings. The van der Waals surface area contributed by atoms with Crippen LogP contribution >= 0.6 is 0 Å². The second-order valence-corrected chi connectivity index (χ2v) is 5.18. The van der Waals surface area contributed by atoms with Crippen LogP contribution in [-0.4, -0.2) is 43.7 Å². The Morgan fingerprint density at radius 1 is 1.38 bits per heavy atom. The number of ether oxygens (including phenoxy) is 1. The summed E-state index contributed by atoms with van der Waals surface area (Å²) in [7, 11) is 1.89. The molecule has 2 atom stereocenters. The molecular weight excluding hydrogens is 204 g/mol.